The summed E-state index contributed by atoms with van der Waals surface area (Å²) < 4.78 is 7.62. The highest BCUT2D eigenvalue weighted by Gasteiger charge is 2.09. The number of nitrogens with zero attached hydrogens (tertiary/aromatic N) is 4. The Balaban J connectivity index is 1.87. The Bertz CT molecular complexity index is 1090. The molecule has 4 aromatic rings. The summed E-state index contributed by atoms with van der Waals surface area (Å²) in [6, 6.07) is 15.1. The van der Waals surface area contributed by atoms with Gasteiger partial charge in [0, 0.05) is 23.3 Å². The molecule has 0 aliphatic carbocycles. The number of furan rings is 1. The Morgan fingerprint density at radius 1 is 1.00 bits per heavy atom. The van der Waals surface area contributed by atoms with Crippen LogP contribution >= 0.6 is 0 Å². The Morgan fingerprint density at radius 3 is 2.73 bits per heavy atom. The van der Waals surface area contributed by atoms with E-state index < -0.39 is 0 Å². The van der Waals surface area contributed by atoms with Gasteiger partial charge in [0.1, 0.15) is 23.1 Å². The second-order valence-corrected chi connectivity index (χ2v) is 4.90. The van der Waals surface area contributed by atoms with Crippen molar-refractivity contribution in [2.45, 2.75) is 0 Å². The number of fused-ring (bicyclic) bond motifs is 2. The first-order chi connectivity index (χ1) is 10.8. The molecule has 0 saturated heterocycles. The van der Waals surface area contributed by atoms with Crippen LogP contribution in [0.4, 0.5) is 0 Å². The first-order valence-corrected chi connectivity index (χ1v) is 6.60. The zero-order valence-electron chi connectivity index (χ0n) is 11.3. The van der Waals surface area contributed by atoms with Gasteiger partial charge >= 0.3 is 0 Å². The van der Waals surface area contributed by atoms with Crippen LogP contribution in [0.2, 0.25) is 0 Å². The third-order valence-corrected chi connectivity index (χ3v) is 3.50. The Kier molecular flexibility index (Phi) is 2.48. The van der Waals surface area contributed by atoms with Crippen molar-refractivity contribution in [1.29, 1.82) is 10.5 Å². The van der Waals surface area contributed by atoms with Crippen molar-refractivity contribution in [3.8, 4) is 23.5 Å². The highest BCUT2D eigenvalue weighted by molar-refractivity contribution is 5.83. The summed E-state index contributed by atoms with van der Waals surface area (Å²) in [6.07, 6.45) is 3.54. The predicted molar refractivity (Wildman–Crippen MR) is 79.8 cm³/mol. The van der Waals surface area contributed by atoms with Gasteiger partial charge in [-0.1, -0.05) is 0 Å². The molecular formula is C17H8N4O. The van der Waals surface area contributed by atoms with Crippen molar-refractivity contribution in [3.63, 3.8) is 0 Å². The molecule has 22 heavy (non-hydrogen) atoms. The quantitative estimate of drug-likeness (QED) is 0.536. The minimum absolute atomic E-state index is 0.375. The fourth-order valence-corrected chi connectivity index (χ4v) is 2.43. The van der Waals surface area contributed by atoms with Gasteiger partial charge < -0.3 is 8.82 Å². The molecule has 0 atom stereocenters. The van der Waals surface area contributed by atoms with Gasteiger partial charge in [-0.25, -0.2) is 4.98 Å². The minimum atomic E-state index is 0.375. The van der Waals surface area contributed by atoms with Gasteiger partial charge in [0.2, 0.25) is 0 Å². The fourth-order valence-electron chi connectivity index (χ4n) is 2.43. The van der Waals surface area contributed by atoms with Crippen LogP contribution in [0.15, 0.2) is 53.2 Å². The highest BCUT2D eigenvalue weighted by atomic mass is 16.3. The van der Waals surface area contributed by atoms with E-state index in [0.29, 0.717) is 28.2 Å². The summed E-state index contributed by atoms with van der Waals surface area (Å²) in [6.45, 7) is 0. The fraction of sp³-hybridized carbons (Fsp3) is 0. The molecule has 5 nitrogen and oxygen atoms in total. The van der Waals surface area contributed by atoms with E-state index in [-0.39, 0.29) is 0 Å². The van der Waals surface area contributed by atoms with Crippen molar-refractivity contribution in [2.24, 2.45) is 0 Å². The van der Waals surface area contributed by atoms with Crippen LogP contribution in [0.5, 0.6) is 0 Å². The van der Waals surface area contributed by atoms with Gasteiger partial charge in [0.15, 0.2) is 5.69 Å². The van der Waals surface area contributed by atoms with Crippen LogP contribution < -0.4 is 0 Å². The third-order valence-electron chi connectivity index (χ3n) is 3.50. The maximum absolute atomic E-state index is 8.94. The van der Waals surface area contributed by atoms with Crippen LogP contribution in [0.3, 0.4) is 0 Å². The predicted octanol–water partition coefficient (Wildman–Crippen LogP) is 3.49. The summed E-state index contributed by atoms with van der Waals surface area (Å²) in [7, 11) is 0. The smallest absolute Gasteiger partial charge is 0.159 e. The molecule has 1 aromatic carbocycles. The second-order valence-electron chi connectivity index (χ2n) is 4.90. The van der Waals surface area contributed by atoms with Crippen molar-refractivity contribution in [2.75, 3.05) is 0 Å². The summed E-state index contributed by atoms with van der Waals surface area (Å²) in [5, 5.41) is 18.8. The number of pyridine rings is 1. The molecule has 4 rings (SSSR count). The van der Waals surface area contributed by atoms with Crippen LogP contribution in [-0.2, 0) is 0 Å². The minimum Gasteiger partial charge on any atom is -0.456 e. The third kappa shape index (κ3) is 1.81. The Labute approximate surface area is 125 Å². The van der Waals surface area contributed by atoms with E-state index in [1.807, 2.05) is 36.5 Å². The van der Waals surface area contributed by atoms with Gasteiger partial charge in [-0.2, -0.15) is 10.5 Å². The average molecular weight is 284 g/mol. The molecule has 3 heterocycles. The molecule has 0 N–H and O–H groups in total. The Hall–Kier alpha value is -3.57. The maximum atomic E-state index is 8.94. The summed E-state index contributed by atoms with van der Waals surface area (Å²) in [5.74, 6) is 0.708. The normalized spacial score (nSPS) is 10.6. The van der Waals surface area contributed by atoms with Crippen LogP contribution in [-0.4, -0.2) is 9.38 Å². The second kappa shape index (κ2) is 4.47. The molecule has 0 unspecified atom stereocenters. The molecule has 0 amide bonds. The van der Waals surface area contributed by atoms with Crippen LogP contribution in [0, 0.1) is 22.7 Å². The topological polar surface area (TPSA) is 78.0 Å². The highest BCUT2D eigenvalue weighted by Crippen LogP contribution is 2.28. The van der Waals surface area contributed by atoms with E-state index in [2.05, 4.69) is 11.1 Å². The van der Waals surface area contributed by atoms with Gasteiger partial charge in [0.05, 0.1) is 11.6 Å². The number of imidazole rings is 1. The lowest BCUT2D eigenvalue weighted by Crippen LogP contribution is -1.83. The van der Waals surface area contributed by atoms with Crippen molar-refractivity contribution < 1.29 is 4.42 Å². The number of rotatable bonds is 1. The molecule has 0 spiro atoms. The van der Waals surface area contributed by atoms with Gasteiger partial charge in [-0.05, 0) is 36.4 Å². The number of aromatic nitrogens is 2. The number of benzene rings is 1. The van der Waals surface area contributed by atoms with Crippen molar-refractivity contribution in [3.05, 3.63) is 60.0 Å². The van der Waals surface area contributed by atoms with E-state index in [0.717, 1.165) is 10.9 Å². The summed E-state index contributed by atoms with van der Waals surface area (Å²) >= 11 is 0. The standard InChI is InChI=1S/C17H8N4O/c18-7-11-1-2-12-6-16(22-15(12)5-11)13-3-4-17-20-14(8-19)10-21(17)9-13/h1-6,9-10H. The van der Waals surface area contributed by atoms with Crippen LogP contribution in [0.25, 0.3) is 27.9 Å². The molecule has 0 radical (unpaired) electrons. The summed E-state index contributed by atoms with van der Waals surface area (Å²) in [5.41, 5.74) is 3.21. The van der Waals surface area contributed by atoms with Crippen LogP contribution in [0.1, 0.15) is 11.3 Å². The maximum Gasteiger partial charge on any atom is 0.159 e. The molecule has 0 aliphatic heterocycles. The number of hydrogen-bond acceptors (Lipinski definition) is 4. The van der Waals surface area contributed by atoms with Gasteiger partial charge in [0.25, 0.3) is 0 Å². The molecule has 0 fully saturated rings. The monoisotopic (exact) mass is 284 g/mol. The lowest BCUT2D eigenvalue weighted by molar-refractivity contribution is 0.631. The van der Waals surface area contributed by atoms with E-state index in [1.54, 1.807) is 22.7 Å². The van der Waals surface area contributed by atoms with E-state index in [9.17, 15) is 0 Å². The molecular weight excluding hydrogens is 276 g/mol. The first kappa shape index (κ1) is 12.2. The average Bonchev–Trinajstić information content (AvgIpc) is 3.16. The summed E-state index contributed by atoms with van der Waals surface area (Å²) in [4.78, 5) is 4.17. The molecule has 102 valence electrons. The van der Waals surface area contributed by atoms with E-state index >= 15 is 0 Å². The molecule has 0 aliphatic rings. The zero-order chi connectivity index (χ0) is 15.1. The van der Waals surface area contributed by atoms with E-state index in [1.165, 1.54) is 0 Å². The van der Waals surface area contributed by atoms with E-state index in [4.69, 9.17) is 14.9 Å². The lowest BCUT2D eigenvalue weighted by atomic mass is 10.1. The lowest BCUT2D eigenvalue weighted by Gasteiger charge is -1.98. The largest absolute Gasteiger partial charge is 0.456 e. The molecule has 3 aromatic heterocycles. The number of hydrogen-bond donors (Lipinski definition) is 0. The van der Waals surface area contributed by atoms with Gasteiger partial charge in [-0.3, -0.25) is 0 Å². The molecule has 0 saturated carbocycles. The van der Waals surface area contributed by atoms with Gasteiger partial charge in [-0.15, -0.1) is 0 Å². The molecule has 0 bridgehead atoms. The first-order valence-electron chi connectivity index (χ1n) is 6.60. The Morgan fingerprint density at radius 2 is 1.91 bits per heavy atom. The number of nitriles is 2. The molecule has 5 heteroatoms. The van der Waals surface area contributed by atoms with Crippen molar-refractivity contribution in [1.82, 2.24) is 9.38 Å². The zero-order valence-corrected chi connectivity index (χ0v) is 11.3. The SMILES string of the molecule is N#Cc1ccc2cc(-c3ccc4nc(C#N)cn4c3)oc2c1. The van der Waals surface area contributed by atoms with Crippen molar-refractivity contribution >= 4 is 16.6 Å².